The van der Waals surface area contributed by atoms with Gasteiger partial charge in [0.25, 0.3) is 0 Å². The minimum atomic E-state index is -0.657. The highest BCUT2D eigenvalue weighted by atomic mass is 16.6. The van der Waals surface area contributed by atoms with Gasteiger partial charge in [-0.15, -0.1) is 0 Å². The summed E-state index contributed by atoms with van der Waals surface area (Å²) in [6.07, 6.45) is 2.50. The second-order valence-corrected chi connectivity index (χ2v) is 9.87. The van der Waals surface area contributed by atoms with E-state index < -0.39 is 10.6 Å². The summed E-state index contributed by atoms with van der Waals surface area (Å²) in [7, 11) is 2.92. The third kappa shape index (κ3) is 8.19. The molecule has 3 aromatic rings. The maximum Gasteiger partial charge on any atom is 0.353 e. The summed E-state index contributed by atoms with van der Waals surface area (Å²) in [5, 5.41) is 12.0. The van der Waals surface area contributed by atoms with Gasteiger partial charge in [0.2, 0.25) is 11.6 Å². The summed E-state index contributed by atoms with van der Waals surface area (Å²) in [5.41, 5.74) is 9.70. The average molecular weight is 565 g/mol. The minimum Gasteiger partial charge on any atom is -0.461 e. The predicted molar refractivity (Wildman–Crippen MR) is 155 cm³/mol. The minimum absolute atomic E-state index is 0.113. The molecule has 0 atom stereocenters. The van der Waals surface area contributed by atoms with Crippen LogP contribution >= 0.6 is 0 Å². The molecule has 2 aromatic carbocycles. The first kappa shape index (κ1) is 29.8. The zero-order valence-corrected chi connectivity index (χ0v) is 23.5. The van der Waals surface area contributed by atoms with Crippen molar-refractivity contribution < 1.29 is 23.9 Å². The lowest BCUT2D eigenvalue weighted by molar-refractivity contribution is -0.383. The van der Waals surface area contributed by atoms with Crippen LogP contribution in [0.1, 0.15) is 24.0 Å². The highest BCUT2D eigenvalue weighted by molar-refractivity contribution is 5.85. The number of rotatable bonds is 15. The largest absolute Gasteiger partial charge is 0.461 e. The molecule has 1 aliphatic rings. The molecule has 0 radical (unpaired) electrons. The highest BCUT2D eigenvalue weighted by Crippen LogP contribution is 2.34. The first-order valence-corrected chi connectivity index (χ1v) is 13.5. The number of nitro groups is 1. The van der Waals surface area contributed by atoms with Crippen LogP contribution in [0.5, 0.6) is 6.01 Å². The molecule has 1 fully saturated rings. The van der Waals surface area contributed by atoms with Crippen molar-refractivity contribution >= 4 is 23.1 Å². The normalized spacial score (nSPS) is 13.3. The van der Waals surface area contributed by atoms with Crippen molar-refractivity contribution in [1.29, 1.82) is 0 Å². The Kier molecular flexibility index (Phi) is 10.5. The quantitative estimate of drug-likeness (QED) is 0.164. The van der Waals surface area contributed by atoms with Gasteiger partial charge < -0.3 is 24.8 Å². The molecule has 12 nitrogen and oxygen atoms in total. The molecule has 0 bridgehead atoms. The van der Waals surface area contributed by atoms with Gasteiger partial charge in [-0.1, -0.05) is 42.5 Å². The van der Waals surface area contributed by atoms with Gasteiger partial charge in [-0.2, -0.15) is 9.97 Å². The number of methoxy groups -OCH3 is 2. The maximum atomic E-state index is 12.6. The number of Topliss-reactive ketones (excluding diaryl/α,β-unsaturated/α-hetero) is 1. The van der Waals surface area contributed by atoms with Gasteiger partial charge in [0.1, 0.15) is 13.2 Å². The number of nitrogens with zero attached hydrogens (tertiary/aromatic N) is 5. The molecule has 4 rings (SSSR count). The molecule has 41 heavy (non-hydrogen) atoms. The number of anilines is 2. The predicted octanol–water partition coefficient (Wildman–Crippen LogP) is 3.48. The lowest BCUT2D eigenvalue weighted by atomic mass is 10.0. The lowest BCUT2D eigenvalue weighted by Crippen LogP contribution is -2.33. The Balaban J connectivity index is 1.60. The van der Waals surface area contributed by atoms with Crippen LogP contribution in [-0.2, 0) is 27.4 Å². The van der Waals surface area contributed by atoms with Crippen molar-refractivity contribution in [2.45, 2.75) is 25.9 Å². The number of carbonyl (C=O) groups is 1. The summed E-state index contributed by atoms with van der Waals surface area (Å²) >= 11 is 0. The van der Waals surface area contributed by atoms with E-state index in [4.69, 9.17) is 19.9 Å². The Bertz CT molecular complexity index is 1330. The van der Waals surface area contributed by atoms with E-state index in [1.54, 1.807) is 0 Å². The van der Waals surface area contributed by atoms with Crippen LogP contribution in [0.25, 0.3) is 11.1 Å². The molecule has 0 amide bonds. The molecule has 0 saturated carbocycles. The van der Waals surface area contributed by atoms with Crippen LogP contribution in [0.2, 0.25) is 0 Å². The number of likely N-dealkylation sites (tertiary alicyclic amines) is 1. The van der Waals surface area contributed by atoms with E-state index in [1.807, 2.05) is 24.3 Å². The Morgan fingerprint density at radius 3 is 2.46 bits per heavy atom. The standard InChI is InChI=1S/C29H36N6O6/c1-39-14-15-41-29-31-27(30)26(35(37)38)28(32-29)34(19-25(36)20-40-2)18-21-8-10-23(11-9-21)24-7-5-6-22(16-24)17-33-12-3-4-13-33/h5-11,16H,3-4,12-15,17-20H2,1-2H3,(H2,30,31,32). The van der Waals surface area contributed by atoms with Crippen LogP contribution in [0.15, 0.2) is 48.5 Å². The molecular weight excluding hydrogens is 528 g/mol. The fraction of sp³-hybridized carbons (Fsp3) is 0.414. The molecule has 2 N–H and O–H groups in total. The SMILES string of the molecule is COCCOc1nc(N)c([N+](=O)[O-])c(N(CC(=O)COC)Cc2ccc(-c3cccc(CN4CCCC4)c3)cc2)n1. The van der Waals surface area contributed by atoms with E-state index >= 15 is 0 Å². The summed E-state index contributed by atoms with van der Waals surface area (Å²) in [4.78, 5) is 36.1. The third-order valence-corrected chi connectivity index (χ3v) is 6.74. The number of hydrogen-bond donors (Lipinski definition) is 1. The molecule has 0 unspecified atom stereocenters. The molecule has 0 spiro atoms. The fourth-order valence-electron chi connectivity index (χ4n) is 4.81. The lowest BCUT2D eigenvalue weighted by Gasteiger charge is -2.23. The van der Waals surface area contributed by atoms with Crippen molar-refractivity contribution in [3.8, 4) is 17.1 Å². The summed E-state index contributed by atoms with van der Waals surface area (Å²) in [5.74, 6) is -0.758. The van der Waals surface area contributed by atoms with Crippen molar-refractivity contribution in [2.24, 2.45) is 0 Å². The topological polar surface area (TPSA) is 146 Å². The number of nitrogen functional groups attached to an aromatic ring is 1. The highest BCUT2D eigenvalue weighted by Gasteiger charge is 2.29. The second-order valence-electron chi connectivity index (χ2n) is 9.87. The number of benzene rings is 2. The molecule has 1 saturated heterocycles. The number of carbonyl (C=O) groups excluding carboxylic acids is 1. The smallest absolute Gasteiger partial charge is 0.353 e. The van der Waals surface area contributed by atoms with Crippen molar-refractivity contribution in [1.82, 2.24) is 14.9 Å². The molecule has 1 aromatic heterocycles. The van der Waals surface area contributed by atoms with Crippen LogP contribution < -0.4 is 15.4 Å². The second kappa shape index (κ2) is 14.5. The van der Waals surface area contributed by atoms with Gasteiger partial charge in [-0.3, -0.25) is 19.8 Å². The van der Waals surface area contributed by atoms with E-state index in [0.29, 0.717) is 0 Å². The van der Waals surface area contributed by atoms with Crippen molar-refractivity contribution in [2.75, 3.05) is 64.3 Å². The van der Waals surface area contributed by atoms with Crippen LogP contribution in [-0.4, -0.2) is 79.2 Å². The van der Waals surface area contributed by atoms with Gasteiger partial charge in [0.15, 0.2) is 5.78 Å². The first-order valence-electron chi connectivity index (χ1n) is 13.5. The van der Waals surface area contributed by atoms with Crippen molar-refractivity contribution in [3.05, 3.63) is 69.8 Å². The molecular formula is C29H36N6O6. The Morgan fingerprint density at radius 1 is 1.02 bits per heavy atom. The monoisotopic (exact) mass is 564 g/mol. The van der Waals surface area contributed by atoms with Gasteiger partial charge in [-0.05, 0) is 54.3 Å². The average Bonchev–Trinajstić information content (AvgIpc) is 3.46. The van der Waals surface area contributed by atoms with Gasteiger partial charge in [0.05, 0.1) is 18.1 Å². The molecule has 12 heteroatoms. The Morgan fingerprint density at radius 2 is 1.78 bits per heavy atom. The summed E-state index contributed by atoms with van der Waals surface area (Å²) in [6, 6.07) is 16.2. The summed E-state index contributed by atoms with van der Waals surface area (Å²) in [6.45, 7) is 3.40. The number of nitrogens with two attached hydrogens (primary N) is 1. The number of hydrogen-bond acceptors (Lipinski definition) is 11. The van der Waals surface area contributed by atoms with E-state index in [9.17, 15) is 14.9 Å². The van der Waals surface area contributed by atoms with Crippen molar-refractivity contribution in [3.63, 3.8) is 0 Å². The van der Waals surface area contributed by atoms with E-state index in [-0.39, 0.29) is 56.3 Å². The summed E-state index contributed by atoms with van der Waals surface area (Å²) < 4.78 is 15.4. The van der Waals surface area contributed by atoms with Crippen LogP contribution in [0.4, 0.5) is 17.3 Å². The first-order chi connectivity index (χ1) is 19.9. The Hall–Kier alpha value is -4.13. The zero-order valence-electron chi connectivity index (χ0n) is 23.5. The van der Waals surface area contributed by atoms with Gasteiger partial charge in [-0.25, -0.2) is 0 Å². The van der Waals surface area contributed by atoms with E-state index in [2.05, 4.69) is 39.1 Å². The molecule has 0 aliphatic carbocycles. The molecule has 218 valence electrons. The van der Waals surface area contributed by atoms with Crippen LogP contribution in [0.3, 0.4) is 0 Å². The molecule has 1 aliphatic heterocycles. The number of ether oxygens (including phenoxy) is 3. The maximum absolute atomic E-state index is 12.6. The fourth-order valence-corrected chi connectivity index (χ4v) is 4.81. The van der Waals surface area contributed by atoms with Gasteiger partial charge in [0, 0.05) is 27.3 Å². The molecule has 2 heterocycles. The zero-order chi connectivity index (χ0) is 29.2. The third-order valence-electron chi connectivity index (χ3n) is 6.74. The van der Waals surface area contributed by atoms with E-state index in [1.165, 1.54) is 37.5 Å². The number of aromatic nitrogens is 2. The van der Waals surface area contributed by atoms with Crippen LogP contribution in [0, 0.1) is 10.1 Å². The van der Waals surface area contributed by atoms with E-state index in [0.717, 1.165) is 36.3 Å². The Labute approximate surface area is 239 Å². The van der Waals surface area contributed by atoms with Gasteiger partial charge >= 0.3 is 11.7 Å². The number of ketones is 1.